The smallest absolute Gasteiger partial charge is 0.304 e. The van der Waals surface area contributed by atoms with E-state index in [2.05, 4.69) is 10.3 Å². The standard InChI is InChI=1S/C10H14N2O2/c1-8-3-2-5-12-9(8)7-11-6-4-10(13)14/h2-3,5,11H,4,6-7H2,1H3,(H,13,14). The number of aliphatic carboxylic acids is 1. The number of hydrogen-bond donors (Lipinski definition) is 2. The fourth-order valence-electron chi connectivity index (χ4n) is 1.11. The SMILES string of the molecule is Cc1cccnc1CNCCC(=O)O. The Morgan fingerprint density at radius 1 is 1.64 bits per heavy atom. The van der Waals surface area contributed by atoms with Crippen LogP contribution >= 0.6 is 0 Å². The lowest BCUT2D eigenvalue weighted by atomic mass is 10.2. The van der Waals surface area contributed by atoms with Crippen molar-refractivity contribution < 1.29 is 9.90 Å². The number of carboxylic acids is 1. The van der Waals surface area contributed by atoms with Crippen molar-refractivity contribution in [2.45, 2.75) is 19.9 Å². The second-order valence-corrected chi connectivity index (χ2v) is 3.09. The Bertz CT molecular complexity index is 313. The number of nitrogens with one attached hydrogen (secondary N) is 1. The van der Waals surface area contributed by atoms with Crippen LogP contribution in [0.5, 0.6) is 0 Å². The maximum absolute atomic E-state index is 10.2. The minimum atomic E-state index is -0.782. The van der Waals surface area contributed by atoms with Gasteiger partial charge < -0.3 is 10.4 Å². The van der Waals surface area contributed by atoms with Gasteiger partial charge in [-0.25, -0.2) is 0 Å². The Morgan fingerprint density at radius 2 is 2.43 bits per heavy atom. The van der Waals surface area contributed by atoms with Crippen molar-refractivity contribution >= 4 is 5.97 Å². The summed E-state index contributed by atoms with van der Waals surface area (Å²) in [6.45, 7) is 3.09. The zero-order valence-electron chi connectivity index (χ0n) is 8.16. The third kappa shape index (κ3) is 3.53. The highest BCUT2D eigenvalue weighted by Gasteiger charge is 1.99. The Hall–Kier alpha value is -1.42. The first-order valence-corrected chi connectivity index (χ1v) is 4.53. The predicted octanol–water partition coefficient (Wildman–Crippen LogP) is 0.954. The van der Waals surface area contributed by atoms with Crippen molar-refractivity contribution in [1.82, 2.24) is 10.3 Å². The summed E-state index contributed by atoms with van der Waals surface area (Å²) >= 11 is 0. The summed E-state index contributed by atoms with van der Waals surface area (Å²) in [7, 11) is 0. The fourth-order valence-corrected chi connectivity index (χ4v) is 1.11. The molecule has 1 aromatic heterocycles. The summed E-state index contributed by atoms with van der Waals surface area (Å²) in [4.78, 5) is 14.4. The molecule has 76 valence electrons. The lowest BCUT2D eigenvalue weighted by Gasteiger charge is -2.04. The number of hydrogen-bond acceptors (Lipinski definition) is 3. The van der Waals surface area contributed by atoms with Gasteiger partial charge in [0.1, 0.15) is 0 Å². The van der Waals surface area contributed by atoms with Crippen molar-refractivity contribution in [3.05, 3.63) is 29.6 Å². The largest absolute Gasteiger partial charge is 0.481 e. The number of aryl methyl sites for hydroxylation is 1. The van der Waals surface area contributed by atoms with Crippen LogP contribution in [0.25, 0.3) is 0 Å². The summed E-state index contributed by atoms with van der Waals surface area (Å²) in [6, 6.07) is 3.87. The van der Waals surface area contributed by atoms with Gasteiger partial charge in [-0.3, -0.25) is 9.78 Å². The second kappa shape index (κ2) is 5.34. The van der Waals surface area contributed by atoms with Gasteiger partial charge in [0, 0.05) is 19.3 Å². The lowest BCUT2D eigenvalue weighted by molar-refractivity contribution is -0.136. The van der Waals surface area contributed by atoms with Gasteiger partial charge in [0.2, 0.25) is 0 Å². The number of carbonyl (C=O) groups is 1. The summed E-state index contributed by atoms with van der Waals surface area (Å²) in [5.41, 5.74) is 2.09. The zero-order chi connectivity index (χ0) is 10.4. The van der Waals surface area contributed by atoms with Crippen LogP contribution in [0.4, 0.5) is 0 Å². The van der Waals surface area contributed by atoms with Crippen LogP contribution in [-0.2, 0) is 11.3 Å². The van der Waals surface area contributed by atoms with Gasteiger partial charge in [0.15, 0.2) is 0 Å². The molecule has 0 atom stereocenters. The molecule has 0 aliphatic carbocycles. The third-order valence-electron chi connectivity index (χ3n) is 1.93. The van der Waals surface area contributed by atoms with E-state index in [-0.39, 0.29) is 6.42 Å². The minimum Gasteiger partial charge on any atom is -0.481 e. The number of carboxylic acid groups (broad SMARTS) is 1. The van der Waals surface area contributed by atoms with E-state index in [1.54, 1.807) is 6.20 Å². The molecule has 0 saturated carbocycles. The molecule has 1 heterocycles. The molecule has 4 heteroatoms. The first-order chi connectivity index (χ1) is 6.70. The highest BCUT2D eigenvalue weighted by molar-refractivity contribution is 5.66. The van der Waals surface area contributed by atoms with E-state index < -0.39 is 5.97 Å². The average molecular weight is 194 g/mol. The van der Waals surface area contributed by atoms with E-state index in [1.807, 2.05) is 19.1 Å². The van der Waals surface area contributed by atoms with Crippen LogP contribution in [0, 0.1) is 6.92 Å². The van der Waals surface area contributed by atoms with Crippen LogP contribution < -0.4 is 5.32 Å². The molecule has 0 amide bonds. The molecule has 1 rings (SSSR count). The molecule has 0 aliphatic rings. The quantitative estimate of drug-likeness (QED) is 0.685. The third-order valence-corrected chi connectivity index (χ3v) is 1.93. The molecule has 0 radical (unpaired) electrons. The summed E-state index contributed by atoms with van der Waals surface area (Å²) in [5, 5.41) is 11.4. The van der Waals surface area contributed by atoms with Crippen LogP contribution in [0.1, 0.15) is 17.7 Å². The summed E-state index contributed by atoms with van der Waals surface area (Å²) in [6.07, 6.45) is 1.88. The van der Waals surface area contributed by atoms with Crippen molar-refractivity contribution in [2.24, 2.45) is 0 Å². The molecule has 4 nitrogen and oxygen atoms in total. The minimum absolute atomic E-state index is 0.145. The van der Waals surface area contributed by atoms with Gasteiger partial charge in [0.05, 0.1) is 12.1 Å². The fraction of sp³-hybridized carbons (Fsp3) is 0.400. The highest BCUT2D eigenvalue weighted by atomic mass is 16.4. The van der Waals surface area contributed by atoms with Crippen LogP contribution in [0.2, 0.25) is 0 Å². The van der Waals surface area contributed by atoms with Gasteiger partial charge in [-0.15, -0.1) is 0 Å². The van der Waals surface area contributed by atoms with E-state index in [9.17, 15) is 4.79 Å². The molecule has 0 bridgehead atoms. The topological polar surface area (TPSA) is 62.2 Å². The molecule has 2 N–H and O–H groups in total. The monoisotopic (exact) mass is 194 g/mol. The van der Waals surface area contributed by atoms with E-state index in [1.165, 1.54) is 0 Å². The molecule has 0 unspecified atom stereocenters. The Balaban J connectivity index is 2.31. The van der Waals surface area contributed by atoms with Gasteiger partial charge in [-0.05, 0) is 18.6 Å². The van der Waals surface area contributed by atoms with Crippen molar-refractivity contribution in [3.8, 4) is 0 Å². The molecule has 14 heavy (non-hydrogen) atoms. The van der Waals surface area contributed by atoms with Gasteiger partial charge >= 0.3 is 5.97 Å². The maximum atomic E-state index is 10.2. The van der Waals surface area contributed by atoms with E-state index in [4.69, 9.17) is 5.11 Å². The Kier molecular flexibility index (Phi) is 4.07. The normalized spacial score (nSPS) is 10.1. The summed E-state index contributed by atoms with van der Waals surface area (Å²) < 4.78 is 0. The molecule has 0 aromatic carbocycles. The first kappa shape index (κ1) is 10.7. The molecule has 0 spiro atoms. The van der Waals surface area contributed by atoms with Gasteiger partial charge in [0.25, 0.3) is 0 Å². The van der Waals surface area contributed by atoms with Gasteiger partial charge in [-0.1, -0.05) is 6.07 Å². The average Bonchev–Trinajstić information content (AvgIpc) is 2.15. The molecular weight excluding hydrogens is 180 g/mol. The number of aromatic nitrogens is 1. The number of pyridine rings is 1. The maximum Gasteiger partial charge on any atom is 0.304 e. The number of rotatable bonds is 5. The number of nitrogens with zero attached hydrogens (tertiary/aromatic N) is 1. The van der Waals surface area contributed by atoms with E-state index in [0.29, 0.717) is 13.1 Å². The highest BCUT2D eigenvalue weighted by Crippen LogP contribution is 2.01. The molecule has 0 fully saturated rings. The lowest BCUT2D eigenvalue weighted by Crippen LogP contribution is -2.18. The van der Waals surface area contributed by atoms with Crippen LogP contribution in [0.3, 0.4) is 0 Å². The first-order valence-electron chi connectivity index (χ1n) is 4.53. The molecule has 0 aliphatic heterocycles. The van der Waals surface area contributed by atoms with Crippen molar-refractivity contribution in [3.63, 3.8) is 0 Å². The van der Waals surface area contributed by atoms with Crippen LogP contribution in [0.15, 0.2) is 18.3 Å². The Morgan fingerprint density at radius 3 is 3.07 bits per heavy atom. The molecule has 1 aromatic rings. The zero-order valence-corrected chi connectivity index (χ0v) is 8.16. The Labute approximate surface area is 83.0 Å². The summed E-state index contributed by atoms with van der Waals surface area (Å²) in [5.74, 6) is -0.782. The predicted molar refractivity (Wildman–Crippen MR) is 52.9 cm³/mol. The van der Waals surface area contributed by atoms with Crippen LogP contribution in [-0.4, -0.2) is 22.6 Å². The van der Waals surface area contributed by atoms with Crippen molar-refractivity contribution in [1.29, 1.82) is 0 Å². The van der Waals surface area contributed by atoms with Crippen molar-refractivity contribution in [2.75, 3.05) is 6.54 Å². The second-order valence-electron chi connectivity index (χ2n) is 3.09. The molecular formula is C10H14N2O2. The molecule has 0 saturated heterocycles. The van der Waals surface area contributed by atoms with E-state index in [0.717, 1.165) is 11.3 Å². The van der Waals surface area contributed by atoms with E-state index >= 15 is 0 Å². The van der Waals surface area contributed by atoms with Gasteiger partial charge in [-0.2, -0.15) is 0 Å².